The molecule has 0 bridgehead atoms. The topological polar surface area (TPSA) is 62.1 Å². The smallest absolute Gasteiger partial charge is 0.266 e. The van der Waals surface area contributed by atoms with Crippen LogP contribution >= 0.6 is 66.1 Å². The molecular weight excluding hydrogens is 658 g/mol. The molecule has 8 heteroatoms. The Balaban J connectivity index is 1.76. The maximum Gasteiger partial charge on any atom is 0.266 e. The lowest BCUT2D eigenvalue weighted by atomic mass is 10.1. The van der Waals surface area contributed by atoms with Crippen LogP contribution in [0.25, 0.3) is 6.08 Å². The van der Waals surface area contributed by atoms with Gasteiger partial charge in [0.1, 0.15) is 24.0 Å². The van der Waals surface area contributed by atoms with E-state index in [1.54, 1.807) is 36.4 Å². The number of hydrogen-bond acceptors (Lipinski definition) is 3. The molecule has 1 amide bonds. The van der Waals surface area contributed by atoms with Crippen molar-refractivity contribution in [2.45, 2.75) is 6.61 Å². The Morgan fingerprint density at radius 1 is 1.10 bits per heavy atom. The zero-order valence-electron chi connectivity index (χ0n) is 15.8. The summed E-state index contributed by atoms with van der Waals surface area (Å²) in [5, 5.41) is 12.7. The third-order valence-corrected chi connectivity index (χ3v) is 6.24. The van der Waals surface area contributed by atoms with E-state index in [0.717, 1.165) is 9.13 Å². The van der Waals surface area contributed by atoms with E-state index in [4.69, 9.17) is 16.3 Å². The number of hydrogen-bond donors (Lipinski definition) is 1. The summed E-state index contributed by atoms with van der Waals surface area (Å²) < 4.78 is 8.51. The molecule has 0 saturated carbocycles. The minimum Gasteiger partial charge on any atom is -0.487 e. The van der Waals surface area contributed by atoms with E-state index in [0.29, 0.717) is 37.6 Å². The molecule has 31 heavy (non-hydrogen) atoms. The van der Waals surface area contributed by atoms with Gasteiger partial charge in [-0.05, 0) is 120 Å². The van der Waals surface area contributed by atoms with Crippen LogP contribution in [0.5, 0.6) is 5.75 Å². The molecule has 3 aromatic carbocycles. The van der Waals surface area contributed by atoms with Crippen LogP contribution in [0.4, 0.5) is 5.69 Å². The minimum absolute atomic E-state index is 0.0266. The van der Waals surface area contributed by atoms with E-state index in [1.807, 2.05) is 30.3 Å². The summed E-state index contributed by atoms with van der Waals surface area (Å²) >= 11 is 15.1. The highest BCUT2D eigenvalue weighted by Gasteiger charge is 2.13. The van der Waals surface area contributed by atoms with Gasteiger partial charge in [-0.1, -0.05) is 23.7 Å². The summed E-state index contributed by atoms with van der Waals surface area (Å²) in [6.45, 7) is 0.413. The number of anilines is 1. The van der Waals surface area contributed by atoms with Crippen LogP contribution in [0.3, 0.4) is 0 Å². The fraction of sp³-hybridized carbons (Fsp3) is 0.0435. The van der Waals surface area contributed by atoms with Crippen LogP contribution in [-0.2, 0) is 11.4 Å². The van der Waals surface area contributed by atoms with Crippen LogP contribution in [0.2, 0.25) is 5.02 Å². The number of nitrogens with one attached hydrogen (secondary N) is 1. The standard InChI is InChI=1S/C23H14Br2ClIN2O2/c24-20-10-15(9-16(12-28)23(30)29-19-7-3-17(26)4-8-19)11-21(25)22(20)31-13-14-1-5-18(27)6-2-14/h1-11H,13H2,(H,29,30)/b16-9-. The second-order valence-electron chi connectivity index (χ2n) is 6.36. The van der Waals surface area contributed by atoms with Gasteiger partial charge < -0.3 is 10.1 Å². The second kappa shape index (κ2) is 11.1. The van der Waals surface area contributed by atoms with Gasteiger partial charge in [0.2, 0.25) is 0 Å². The maximum atomic E-state index is 12.5. The van der Waals surface area contributed by atoms with Gasteiger partial charge in [-0.25, -0.2) is 0 Å². The van der Waals surface area contributed by atoms with E-state index >= 15 is 0 Å². The van der Waals surface area contributed by atoms with E-state index in [9.17, 15) is 10.1 Å². The number of nitriles is 1. The van der Waals surface area contributed by atoms with Crippen molar-refractivity contribution in [2.24, 2.45) is 0 Å². The molecule has 0 aromatic heterocycles. The Morgan fingerprint density at radius 3 is 2.29 bits per heavy atom. The Morgan fingerprint density at radius 2 is 1.71 bits per heavy atom. The second-order valence-corrected chi connectivity index (χ2v) is 9.75. The number of halogens is 4. The molecule has 0 aliphatic rings. The molecule has 3 rings (SSSR count). The number of nitrogens with zero attached hydrogens (tertiary/aromatic N) is 1. The van der Waals surface area contributed by atoms with Gasteiger partial charge in [-0.15, -0.1) is 0 Å². The molecule has 0 spiro atoms. The molecule has 0 aliphatic heterocycles. The van der Waals surface area contributed by atoms with Gasteiger partial charge >= 0.3 is 0 Å². The molecule has 0 atom stereocenters. The predicted molar refractivity (Wildman–Crippen MR) is 139 cm³/mol. The molecule has 0 saturated heterocycles. The first-order chi connectivity index (χ1) is 14.9. The summed E-state index contributed by atoms with van der Waals surface area (Å²) in [5.74, 6) is 0.135. The van der Waals surface area contributed by atoms with Gasteiger partial charge in [-0.3, -0.25) is 4.79 Å². The zero-order valence-corrected chi connectivity index (χ0v) is 21.9. The van der Waals surface area contributed by atoms with E-state index in [1.165, 1.54) is 6.08 Å². The maximum absolute atomic E-state index is 12.5. The monoisotopic (exact) mass is 670 g/mol. The molecule has 1 N–H and O–H groups in total. The first-order valence-electron chi connectivity index (χ1n) is 8.90. The third kappa shape index (κ3) is 6.81. The molecule has 4 nitrogen and oxygen atoms in total. The number of benzene rings is 3. The SMILES string of the molecule is N#C/C(=C/c1cc(Br)c(OCc2ccc(I)cc2)c(Br)c1)C(=O)Nc1ccc(Cl)cc1. The summed E-state index contributed by atoms with van der Waals surface area (Å²) in [6.07, 6.45) is 1.52. The lowest BCUT2D eigenvalue weighted by molar-refractivity contribution is -0.112. The summed E-state index contributed by atoms with van der Waals surface area (Å²) in [6, 6.07) is 20.3. The summed E-state index contributed by atoms with van der Waals surface area (Å²) in [4.78, 5) is 12.5. The fourth-order valence-electron chi connectivity index (χ4n) is 2.58. The third-order valence-electron chi connectivity index (χ3n) is 4.10. The highest BCUT2D eigenvalue weighted by Crippen LogP contribution is 2.36. The minimum atomic E-state index is -0.504. The van der Waals surface area contributed by atoms with Crippen molar-refractivity contribution in [1.82, 2.24) is 0 Å². The lowest BCUT2D eigenvalue weighted by Crippen LogP contribution is -2.13. The first kappa shape index (κ1) is 23.8. The van der Waals surface area contributed by atoms with Crippen LogP contribution in [0.15, 0.2) is 75.2 Å². The van der Waals surface area contributed by atoms with E-state index in [-0.39, 0.29) is 5.57 Å². The molecule has 0 fully saturated rings. The van der Waals surface area contributed by atoms with Crippen molar-refractivity contribution >= 4 is 83.7 Å². The number of amides is 1. The van der Waals surface area contributed by atoms with Crippen molar-refractivity contribution in [3.05, 3.63) is 94.9 Å². The highest BCUT2D eigenvalue weighted by molar-refractivity contribution is 14.1. The summed E-state index contributed by atoms with van der Waals surface area (Å²) in [7, 11) is 0. The normalized spacial score (nSPS) is 11.0. The predicted octanol–water partition coefficient (Wildman–Crippen LogP) is 7.59. The Kier molecular flexibility index (Phi) is 8.55. The average molecular weight is 673 g/mol. The largest absolute Gasteiger partial charge is 0.487 e. The van der Waals surface area contributed by atoms with Gasteiger partial charge in [0.05, 0.1) is 8.95 Å². The number of ether oxygens (including phenoxy) is 1. The average Bonchev–Trinajstić information content (AvgIpc) is 2.74. The molecule has 3 aromatic rings. The Labute approximate surface area is 215 Å². The van der Waals surface area contributed by atoms with Gasteiger partial charge in [-0.2, -0.15) is 5.26 Å². The molecule has 0 heterocycles. The van der Waals surface area contributed by atoms with Gasteiger partial charge in [0, 0.05) is 14.3 Å². The fourth-order valence-corrected chi connectivity index (χ4v) is 4.52. The van der Waals surface area contributed by atoms with Crippen molar-refractivity contribution in [3.63, 3.8) is 0 Å². The highest BCUT2D eigenvalue weighted by atomic mass is 127. The molecule has 0 unspecified atom stereocenters. The molecule has 156 valence electrons. The van der Waals surface area contributed by atoms with Crippen molar-refractivity contribution in [3.8, 4) is 11.8 Å². The van der Waals surface area contributed by atoms with Crippen LogP contribution in [0, 0.1) is 14.9 Å². The van der Waals surface area contributed by atoms with Crippen molar-refractivity contribution in [2.75, 3.05) is 5.32 Å². The number of carbonyl (C=O) groups excluding carboxylic acids is 1. The van der Waals surface area contributed by atoms with Crippen LogP contribution < -0.4 is 10.1 Å². The Bertz CT molecular complexity index is 1150. The molecule has 0 aliphatic carbocycles. The van der Waals surface area contributed by atoms with Gasteiger partial charge in [0.25, 0.3) is 5.91 Å². The van der Waals surface area contributed by atoms with Gasteiger partial charge in [0.15, 0.2) is 0 Å². The first-order valence-corrected chi connectivity index (χ1v) is 11.9. The summed E-state index contributed by atoms with van der Waals surface area (Å²) in [5.41, 5.74) is 2.25. The lowest BCUT2D eigenvalue weighted by Gasteiger charge is -2.12. The van der Waals surface area contributed by atoms with Crippen LogP contribution in [0.1, 0.15) is 11.1 Å². The molecular formula is C23H14Br2ClIN2O2. The number of carbonyl (C=O) groups is 1. The Hall–Kier alpha value is -1.86. The number of rotatable bonds is 6. The van der Waals surface area contributed by atoms with Crippen LogP contribution in [-0.4, -0.2) is 5.91 Å². The van der Waals surface area contributed by atoms with E-state index in [2.05, 4.69) is 59.8 Å². The molecule has 0 radical (unpaired) electrons. The van der Waals surface area contributed by atoms with Crippen molar-refractivity contribution in [1.29, 1.82) is 5.26 Å². The quantitative estimate of drug-likeness (QED) is 0.167. The zero-order chi connectivity index (χ0) is 22.4. The van der Waals surface area contributed by atoms with E-state index < -0.39 is 5.91 Å². The van der Waals surface area contributed by atoms with Crippen molar-refractivity contribution < 1.29 is 9.53 Å².